The SMILES string of the molecule is CC(C)c1nc(CN(C)C(=O)N[C@H](C(=O)C[C@H](CC[C@H](Cc2ccccc2)NC(=O)NCc2nccs2)Cc2ccccc2)C(C)C)cs1. The molecular formula is C38H50N6O3S2. The summed E-state index contributed by atoms with van der Waals surface area (Å²) >= 11 is 3.10. The summed E-state index contributed by atoms with van der Waals surface area (Å²) in [5, 5.41) is 14.9. The number of carbonyl (C=O) groups is 3. The van der Waals surface area contributed by atoms with Crippen LogP contribution in [0.1, 0.15) is 79.7 Å². The van der Waals surface area contributed by atoms with Crippen LogP contribution in [0.5, 0.6) is 0 Å². The van der Waals surface area contributed by atoms with Crippen molar-refractivity contribution in [3.8, 4) is 0 Å². The normalized spacial score (nSPS) is 13.1. The topological polar surface area (TPSA) is 116 Å². The van der Waals surface area contributed by atoms with Gasteiger partial charge in [0.15, 0.2) is 5.78 Å². The third-order valence-corrected chi connectivity index (χ3v) is 10.4. The van der Waals surface area contributed by atoms with E-state index >= 15 is 0 Å². The largest absolute Gasteiger partial charge is 0.335 e. The van der Waals surface area contributed by atoms with E-state index in [0.717, 1.165) is 39.7 Å². The van der Waals surface area contributed by atoms with Crippen LogP contribution in [0, 0.1) is 11.8 Å². The second kappa shape index (κ2) is 19.2. The summed E-state index contributed by atoms with van der Waals surface area (Å²) in [7, 11) is 1.73. The Balaban J connectivity index is 1.43. The molecule has 0 saturated carbocycles. The first-order chi connectivity index (χ1) is 23.6. The Morgan fingerprint density at radius 1 is 0.857 bits per heavy atom. The molecule has 2 aromatic heterocycles. The lowest BCUT2D eigenvalue weighted by Gasteiger charge is -2.27. The average molecular weight is 703 g/mol. The van der Waals surface area contributed by atoms with Gasteiger partial charge in [-0.15, -0.1) is 22.7 Å². The molecule has 0 aliphatic heterocycles. The third-order valence-electron chi connectivity index (χ3n) is 8.43. The number of urea groups is 2. The van der Waals surface area contributed by atoms with Crippen LogP contribution in [0.15, 0.2) is 77.6 Å². The fraction of sp³-hybridized carbons (Fsp3) is 0.447. The van der Waals surface area contributed by atoms with Gasteiger partial charge in [0.1, 0.15) is 5.01 Å². The number of thiazole rings is 2. The van der Waals surface area contributed by atoms with Crippen LogP contribution in [0.2, 0.25) is 0 Å². The van der Waals surface area contributed by atoms with E-state index in [1.165, 1.54) is 11.3 Å². The molecule has 0 radical (unpaired) electrons. The summed E-state index contributed by atoms with van der Waals surface area (Å²) in [5.74, 6) is 0.291. The Kier molecular flexibility index (Phi) is 14.8. The Morgan fingerprint density at radius 3 is 2.12 bits per heavy atom. The maximum atomic E-state index is 14.0. The molecule has 0 spiro atoms. The molecule has 49 heavy (non-hydrogen) atoms. The summed E-state index contributed by atoms with van der Waals surface area (Å²) < 4.78 is 0. The van der Waals surface area contributed by atoms with Gasteiger partial charge in [-0.25, -0.2) is 19.6 Å². The van der Waals surface area contributed by atoms with E-state index < -0.39 is 6.04 Å². The molecule has 4 rings (SSSR count). The van der Waals surface area contributed by atoms with E-state index in [1.807, 2.05) is 61.0 Å². The van der Waals surface area contributed by atoms with Crippen molar-refractivity contribution in [2.24, 2.45) is 11.8 Å². The first-order valence-corrected chi connectivity index (χ1v) is 18.8. The maximum absolute atomic E-state index is 14.0. The number of ketones is 1. The summed E-state index contributed by atoms with van der Waals surface area (Å²) in [6.07, 6.45) is 4.86. The molecular weight excluding hydrogens is 653 g/mol. The molecule has 3 atom stereocenters. The minimum Gasteiger partial charge on any atom is -0.335 e. The number of hydrogen-bond donors (Lipinski definition) is 3. The van der Waals surface area contributed by atoms with E-state index in [1.54, 1.807) is 29.5 Å². The summed E-state index contributed by atoms with van der Waals surface area (Å²) in [6.45, 7) is 8.88. The van der Waals surface area contributed by atoms with Gasteiger partial charge in [-0.05, 0) is 48.6 Å². The molecule has 0 saturated heterocycles. The summed E-state index contributed by atoms with van der Waals surface area (Å²) in [5.41, 5.74) is 3.13. The fourth-order valence-corrected chi connectivity index (χ4v) is 7.15. The van der Waals surface area contributed by atoms with Crippen LogP contribution in [-0.4, -0.2) is 51.8 Å². The van der Waals surface area contributed by atoms with E-state index in [9.17, 15) is 14.4 Å². The van der Waals surface area contributed by atoms with Gasteiger partial charge >= 0.3 is 12.1 Å². The van der Waals surface area contributed by atoms with Gasteiger partial charge in [-0.2, -0.15) is 0 Å². The maximum Gasteiger partial charge on any atom is 0.318 e. The molecule has 2 heterocycles. The van der Waals surface area contributed by atoms with Crippen LogP contribution in [0.3, 0.4) is 0 Å². The predicted molar refractivity (Wildman–Crippen MR) is 199 cm³/mol. The van der Waals surface area contributed by atoms with Crippen LogP contribution >= 0.6 is 22.7 Å². The quantitative estimate of drug-likeness (QED) is 0.0988. The summed E-state index contributed by atoms with van der Waals surface area (Å²) in [6, 6.07) is 19.0. The number of nitrogens with one attached hydrogen (secondary N) is 3. The number of benzene rings is 2. The van der Waals surface area contributed by atoms with Crippen molar-refractivity contribution in [3.63, 3.8) is 0 Å². The van der Waals surface area contributed by atoms with Crippen molar-refractivity contribution in [2.45, 2.75) is 90.9 Å². The Labute approximate surface area is 299 Å². The predicted octanol–water partition coefficient (Wildman–Crippen LogP) is 7.60. The fourth-order valence-electron chi connectivity index (χ4n) is 5.77. The molecule has 0 aliphatic carbocycles. The highest BCUT2D eigenvalue weighted by atomic mass is 32.1. The molecule has 0 unspecified atom stereocenters. The van der Waals surface area contributed by atoms with Crippen LogP contribution < -0.4 is 16.0 Å². The molecule has 4 amide bonds. The summed E-state index contributed by atoms with van der Waals surface area (Å²) in [4.78, 5) is 50.7. The minimum atomic E-state index is -0.621. The van der Waals surface area contributed by atoms with E-state index in [4.69, 9.17) is 0 Å². The van der Waals surface area contributed by atoms with Gasteiger partial charge < -0.3 is 20.9 Å². The molecule has 0 bridgehead atoms. The second-order valence-electron chi connectivity index (χ2n) is 13.3. The lowest BCUT2D eigenvalue weighted by molar-refractivity contribution is -0.122. The van der Waals surface area contributed by atoms with Gasteiger partial charge in [0, 0.05) is 42.4 Å². The van der Waals surface area contributed by atoms with Crippen molar-refractivity contribution in [2.75, 3.05) is 7.05 Å². The van der Waals surface area contributed by atoms with Gasteiger partial charge in [0.05, 0.1) is 29.8 Å². The van der Waals surface area contributed by atoms with Crippen molar-refractivity contribution >= 4 is 40.5 Å². The molecule has 4 aromatic rings. The highest BCUT2D eigenvalue weighted by molar-refractivity contribution is 7.09. The van der Waals surface area contributed by atoms with Crippen LogP contribution in [-0.2, 0) is 30.7 Å². The molecule has 262 valence electrons. The lowest BCUT2D eigenvalue weighted by atomic mass is 9.85. The van der Waals surface area contributed by atoms with Gasteiger partial charge in [-0.3, -0.25) is 4.79 Å². The van der Waals surface area contributed by atoms with Crippen molar-refractivity contribution in [3.05, 3.63) is 104 Å². The molecule has 3 N–H and O–H groups in total. The zero-order chi connectivity index (χ0) is 35.2. The molecule has 2 aromatic carbocycles. The van der Waals surface area contributed by atoms with E-state index in [0.29, 0.717) is 38.3 Å². The second-order valence-corrected chi connectivity index (χ2v) is 15.2. The standard InChI is InChI=1S/C38H50N6O3S2/c1-26(2)35(43-38(47)44(5)24-32-25-49-36(41-32)27(3)4)33(45)22-30(20-28-12-8-6-9-13-28)16-17-31(21-29-14-10-7-11-15-29)42-37(46)40-23-34-39-18-19-48-34/h6-15,18-19,25-27,30-31,35H,16-17,20-24H2,1-5H3,(H,43,47)(H2,40,42,46)/t30-,31-,35+/m1/s1. The van der Waals surface area contributed by atoms with Crippen LogP contribution in [0.4, 0.5) is 9.59 Å². The first-order valence-electron chi connectivity index (χ1n) is 17.1. The minimum absolute atomic E-state index is 0.0159. The van der Waals surface area contributed by atoms with E-state index in [-0.39, 0.29) is 35.7 Å². The number of aromatic nitrogens is 2. The zero-order valence-corrected chi connectivity index (χ0v) is 30.9. The number of nitrogens with zero attached hydrogens (tertiary/aromatic N) is 3. The van der Waals surface area contributed by atoms with Gasteiger partial charge in [0.25, 0.3) is 0 Å². The molecule has 11 heteroatoms. The van der Waals surface area contributed by atoms with Gasteiger partial charge in [-0.1, -0.05) is 88.4 Å². The lowest BCUT2D eigenvalue weighted by Crippen LogP contribution is -2.49. The highest BCUT2D eigenvalue weighted by Gasteiger charge is 2.28. The third kappa shape index (κ3) is 12.7. The Morgan fingerprint density at radius 2 is 1.53 bits per heavy atom. The molecule has 0 aliphatic rings. The Hall–Kier alpha value is -4.09. The average Bonchev–Trinajstić information content (AvgIpc) is 3.78. The van der Waals surface area contributed by atoms with Crippen molar-refractivity contribution < 1.29 is 14.4 Å². The van der Waals surface area contributed by atoms with Gasteiger partial charge in [0.2, 0.25) is 0 Å². The monoisotopic (exact) mass is 702 g/mol. The molecule has 0 fully saturated rings. The van der Waals surface area contributed by atoms with E-state index in [2.05, 4.69) is 64.0 Å². The first kappa shape index (κ1) is 37.7. The Bertz CT molecular complexity index is 1580. The number of Topliss-reactive ketones (excluding diaryl/α,β-unsaturated/α-hetero) is 1. The van der Waals surface area contributed by atoms with Crippen molar-refractivity contribution in [1.82, 2.24) is 30.8 Å². The van der Waals surface area contributed by atoms with Crippen LogP contribution in [0.25, 0.3) is 0 Å². The highest BCUT2D eigenvalue weighted by Crippen LogP contribution is 2.23. The number of hydrogen-bond acceptors (Lipinski definition) is 7. The molecule has 9 nitrogen and oxygen atoms in total. The number of carbonyl (C=O) groups excluding carboxylic acids is 3. The smallest absolute Gasteiger partial charge is 0.318 e. The number of rotatable bonds is 18. The van der Waals surface area contributed by atoms with Crippen molar-refractivity contribution in [1.29, 1.82) is 0 Å². The number of amides is 4. The zero-order valence-electron chi connectivity index (χ0n) is 29.2.